The third-order valence-electron chi connectivity index (χ3n) is 4.82. The van der Waals surface area contributed by atoms with Gasteiger partial charge in [-0.15, -0.1) is 0 Å². The topological polar surface area (TPSA) is 32.3 Å². The lowest BCUT2D eigenvalue weighted by Gasteiger charge is -2.39. The van der Waals surface area contributed by atoms with Crippen molar-refractivity contribution in [1.29, 1.82) is 0 Å². The molecule has 3 heteroatoms. The van der Waals surface area contributed by atoms with Crippen molar-refractivity contribution in [2.24, 2.45) is 5.41 Å². The van der Waals surface area contributed by atoms with Crippen LogP contribution in [0.5, 0.6) is 0 Å². The Morgan fingerprint density at radius 2 is 1.95 bits per heavy atom. The molecule has 2 aliphatic rings. The van der Waals surface area contributed by atoms with Crippen LogP contribution in [0.3, 0.4) is 0 Å². The Balaban J connectivity index is 1.68. The maximum atomic E-state index is 12.5. The summed E-state index contributed by atoms with van der Waals surface area (Å²) in [5.74, 6) is 0.207. The van der Waals surface area contributed by atoms with Crippen LogP contribution in [0.1, 0.15) is 35.2 Å². The maximum absolute atomic E-state index is 12.5. The molecule has 3 nitrogen and oxygen atoms in total. The SMILES string of the molecule is Cc1ccccc1C(=O)N1CCC2(CCNC2)CC1. The molecule has 102 valence electrons. The van der Waals surface area contributed by atoms with Gasteiger partial charge in [-0.3, -0.25) is 4.79 Å². The number of aryl methyl sites for hydroxylation is 1. The van der Waals surface area contributed by atoms with E-state index >= 15 is 0 Å². The molecule has 0 aliphatic carbocycles. The van der Waals surface area contributed by atoms with Gasteiger partial charge in [-0.05, 0) is 49.8 Å². The molecule has 1 aromatic carbocycles. The molecule has 19 heavy (non-hydrogen) atoms. The van der Waals surface area contributed by atoms with Crippen molar-refractivity contribution in [2.45, 2.75) is 26.2 Å². The molecule has 1 aromatic rings. The summed E-state index contributed by atoms with van der Waals surface area (Å²) in [4.78, 5) is 14.6. The summed E-state index contributed by atoms with van der Waals surface area (Å²) >= 11 is 0. The third-order valence-corrected chi connectivity index (χ3v) is 4.82. The van der Waals surface area contributed by atoms with E-state index in [0.29, 0.717) is 5.41 Å². The number of likely N-dealkylation sites (tertiary alicyclic amines) is 1. The molecule has 3 rings (SSSR count). The van der Waals surface area contributed by atoms with Gasteiger partial charge in [-0.2, -0.15) is 0 Å². The van der Waals surface area contributed by atoms with Crippen molar-refractivity contribution in [2.75, 3.05) is 26.2 Å². The highest BCUT2D eigenvalue weighted by molar-refractivity contribution is 5.95. The summed E-state index contributed by atoms with van der Waals surface area (Å²) in [5, 5.41) is 3.46. The fraction of sp³-hybridized carbons (Fsp3) is 0.562. The van der Waals surface area contributed by atoms with Gasteiger partial charge in [0.2, 0.25) is 0 Å². The number of hydrogen-bond donors (Lipinski definition) is 1. The highest BCUT2D eigenvalue weighted by atomic mass is 16.2. The Bertz CT molecular complexity index is 467. The van der Waals surface area contributed by atoms with Gasteiger partial charge in [0.05, 0.1) is 0 Å². The number of benzene rings is 1. The van der Waals surface area contributed by atoms with E-state index in [9.17, 15) is 4.79 Å². The molecular formula is C16H22N2O. The van der Waals surface area contributed by atoms with Crippen LogP contribution in [0.25, 0.3) is 0 Å². The van der Waals surface area contributed by atoms with Crippen LogP contribution < -0.4 is 5.32 Å². The van der Waals surface area contributed by atoms with Crippen LogP contribution in [0, 0.1) is 12.3 Å². The predicted octanol–water partition coefficient (Wildman–Crippen LogP) is 2.21. The van der Waals surface area contributed by atoms with E-state index in [0.717, 1.165) is 50.1 Å². The second-order valence-electron chi connectivity index (χ2n) is 6.03. The monoisotopic (exact) mass is 258 g/mol. The molecule has 0 bridgehead atoms. The van der Waals surface area contributed by atoms with Gasteiger partial charge in [0.15, 0.2) is 0 Å². The lowest BCUT2D eigenvalue weighted by molar-refractivity contribution is 0.0607. The summed E-state index contributed by atoms with van der Waals surface area (Å²) in [7, 11) is 0. The third kappa shape index (κ3) is 2.39. The molecule has 2 fully saturated rings. The van der Waals surface area contributed by atoms with E-state index < -0.39 is 0 Å². The molecule has 2 aliphatic heterocycles. The van der Waals surface area contributed by atoms with Crippen molar-refractivity contribution in [3.8, 4) is 0 Å². The Kier molecular flexibility index (Phi) is 3.31. The minimum absolute atomic E-state index is 0.207. The highest BCUT2D eigenvalue weighted by Gasteiger charge is 2.38. The molecular weight excluding hydrogens is 236 g/mol. The molecule has 0 atom stereocenters. The van der Waals surface area contributed by atoms with E-state index in [1.54, 1.807) is 0 Å². The minimum Gasteiger partial charge on any atom is -0.339 e. The number of nitrogens with one attached hydrogen (secondary N) is 1. The normalized spacial score (nSPS) is 21.8. The number of carbonyl (C=O) groups is 1. The van der Waals surface area contributed by atoms with Crippen LogP contribution >= 0.6 is 0 Å². The highest BCUT2D eigenvalue weighted by Crippen LogP contribution is 2.37. The van der Waals surface area contributed by atoms with Crippen LogP contribution in [-0.4, -0.2) is 37.0 Å². The maximum Gasteiger partial charge on any atom is 0.254 e. The van der Waals surface area contributed by atoms with E-state index in [2.05, 4.69) is 5.32 Å². The lowest BCUT2D eigenvalue weighted by atomic mass is 9.77. The van der Waals surface area contributed by atoms with E-state index in [1.807, 2.05) is 36.1 Å². The van der Waals surface area contributed by atoms with E-state index in [-0.39, 0.29) is 5.91 Å². The van der Waals surface area contributed by atoms with Crippen LogP contribution in [0.15, 0.2) is 24.3 Å². The number of nitrogens with zero attached hydrogens (tertiary/aromatic N) is 1. The largest absolute Gasteiger partial charge is 0.339 e. The van der Waals surface area contributed by atoms with Gasteiger partial charge in [-0.25, -0.2) is 0 Å². The zero-order valence-electron chi connectivity index (χ0n) is 11.6. The Labute approximate surface area is 115 Å². The fourth-order valence-corrected chi connectivity index (χ4v) is 3.39. The number of rotatable bonds is 1. The molecule has 0 aromatic heterocycles. The van der Waals surface area contributed by atoms with Crippen LogP contribution in [0.4, 0.5) is 0 Å². The number of hydrogen-bond acceptors (Lipinski definition) is 2. The number of piperidine rings is 1. The second kappa shape index (κ2) is 4.97. The molecule has 0 unspecified atom stereocenters. The van der Waals surface area contributed by atoms with E-state index in [1.165, 1.54) is 6.42 Å². The molecule has 0 saturated carbocycles. The molecule has 1 amide bonds. The Morgan fingerprint density at radius 3 is 2.58 bits per heavy atom. The first kappa shape index (κ1) is 12.7. The van der Waals surface area contributed by atoms with Crippen LogP contribution in [0.2, 0.25) is 0 Å². The van der Waals surface area contributed by atoms with Gasteiger partial charge in [-0.1, -0.05) is 18.2 Å². The zero-order chi connectivity index (χ0) is 13.3. The fourth-order valence-electron chi connectivity index (χ4n) is 3.39. The van der Waals surface area contributed by atoms with Crippen molar-refractivity contribution in [3.05, 3.63) is 35.4 Å². The Morgan fingerprint density at radius 1 is 1.21 bits per heavy atom. The summed E-state index contributed by atoms with van der Waals surface area (Å²) in [6.07, 6.45) is 3.58. The van der Waals surface area contributed by atoms with E-state index in [4.69, 9.17) is 0 Å². The number of amides is 1. The molecule has 1 N–H and O–H groups in total. The lowest BCUT2D eigenvalue weighted by Crippen LogP contribution is -2.44. The summed E-state index contributed by atoms with van der Waals surface area (Å²) in [5.41, 5.74) is 2.42. The van der Waals surface area contributed by atoms with Crippen molar-refractivity contribution < 1.29 is 4.79 Å². The minimum atomic E-state index is 0.207. The summed E-state index contributed by atoms with van der Waals surface area (Å²) < 4.78 is 0. The molecule has 2 heterocycles. The first-order valence-corrected chi connectivity index (χ1v) is 7.26. The summed E-state index contributed by atoms with van der Waals surface area (Å²) in [6.45, 7) is 6.12. The first-order valence-electron chi connectivity index (χ1n) is 7.26. The summed E-state index contributed by atoms with van der Waals surface area (Å²) in [6, 6.07) is 7.90. The zero-order valence-corrected chi connectivity index (χ0v) is 11.6. The first-order chi connectivity index (χ1) is 9.20. The quantitative estimate of drug-likeness (QED) is 0.837. The Hall–Kier alpha value is -1.35. The van der Waals surface area contributed by atoms with Gasteiger partial charge < -0.3 is 10.2 Å². The van der Waals surface area contributed by atoms with Gasteiger partial charge in [0.1, 0.15) is 0 Å². The molecule has 1 spiro atoms. The van der Waals surface area contributed by atoms with Crippen molar-refractivity contribution in [1.82, 2.24) is 10.2 Å². The molecule has 2 saturated heterocycles. The van der Waals surface area contributed by atoms with Crippen molar-refractivity contribution in [3.63, 3.8) is 0 Å². The van der Waals surface area contributed by atoms with Gasteiger partial charge in [0.25, 0.3) is 5.91 Å². The van der Waals surface area contributed by atoms with Gasteiger partial charge >= 0.3 is 0 Å². The average Bonchev–Trinajstić information content (AvgIpc) is 2.88. The second-order valence-corrected chi connectivity index (χ2v) is 6.03. The molecule has 0 radical (unpaired) electrons. The standard InChI is InChI=1S/C16H22N2O/c1-13-4-2-3-5-14(13)15(19)18-10-7-16(8-11-18)6-9-17-12-16/h2-5,17H,6-12H2,1H3. The average molecular weight is 258 g/mol. The smallest absolute Gasteiger partial charge is 0.254 e. The number of carbonyl (C=O) groups excluding carboxylic acids is 1. The predicted molar refractivity (Wildman–Crippen MR) is 76.2 cm³/mol. The van der Waals surface area contributed by atoms with Gasteiger partial charge in [0, 0.05) is 25.2 Å². The van der Waals surface area contributed by atoms with Crippen molar-refractivity contribution >= 4 is 5.91 Å². The van der Waals surface area contributed by atoms with Crippen LogP contribution in [-0.2, 0) is 0 Å².